The number of aromatic nitrogens is 1. The molecule has 1 aliphatic rings. The molecule has 0 saturated carbocycles. The highest BCUT2D eigenvalue weighted by molar-refractivity contribution is 5.84. The van der Waals surface area contributed by atoms with Gasteiger partial charge in [-0.25, -0.2) is 0 Å². The maximum absolute atomic E-state index is 5.58. The lowest BCUT2D eigenvalue weighted by molar-refractivity contribution is 0.0242. The summed E-state index contributed by atoms with van der Waals surface area (Å²) in [5, 5.41) is 1.31. The average molecular weight is 320 g/mol. The minimum Gasteiger partial charge on any atom is -0.379 e. The Bertz CT molecular complexity index is 800. The Labute approximate surface area is 143 Å². The monoisotopic (exact) mass is 320 g/mol. The second-order valence-electron chi connectivity index (χ2n) is 6.44. The van der Waals surface area contributed by atoms with Crippen LogP contribution in [0.4, 0.5) is 0 Å². The second-order valence-corrected chi connectivity index (χ2v) is 6.44. The molecule has 1 saturated heterocycles. The Morgan fingerprint density at radius 3 is 2.54 bits per heavy atom. The van der Waals surface area contributed by atoms with Crippen LogP contribution in [0.1, 0.15) is 29.7 Å². The van der Waals surface area contributed by atoms with Gasteiger partial charge in [0.05, 0.1) is 19.3 Å². The first-order valence-electron chi connectivity index (χ1n) is 8.83. The lowest BCUT2D eigenvalue weighted by atomic mass is 9.95. The summed E-state index contributed by atoms with van der Waals surface area (Å²) in [7, 11) is 0. The van der Waals surface area contributed by atoms with Gasteiger partial charge in [-0.2, -0.15) is 0 Å². The van der Waals surface area contributed by atoms with E-state index in [0.717, 1.165) is 32.7 Å². The lowest BCUT2D eigenvalue weighted by Crippen LogP contribution is -2.39. The van der Waals surface area contributed by atoms with Crippen LogP contribution in [0.15, 0.2) is 54.7 Å². The highest BCUT2D eigenvalue weighted by Gasteiger charge is 2.26. The van der Waals surface area contributed by atoms with Crippen molar-refractivity contribution in [1.29, 1.82) is 0 Å². The van der Waals surface area contributed by atoms with E-state index in [1.807, 2.05) is 0 Å². The maximum atomic E-state index is 5.58. The number of benzene rings is 2. The van der Waals surface area contributed by atoms with Gasteiger partial charge in [-0.1, -0.05) is 49.4 Å². The molecule has 1 aromatic heterocycles. The van der Waals surface area contributed by atoms with Crippen molar-refractivity contribution < 1.29 is 4.74 Å². The Morgan fingerprint density at radius 1 is 1.04 bits per heavy atom. The van der Waals surface area contributed by atoms with Crippen LogP contribution in [0.25, 0.3) is 10.9 Å². The number of ether oxygens (including phenoxy) is 1. The first-order valence-corrected chi connectivity index (χ1v) is 8.83. The molecule has 124 valence electrons. The molecule has 1 aliphatic heterocycles. The van der Waals surface area contributed by atoms with Crippen molar-refractivity contribution in [3.63, 3.8) is 0 Å². The summed E-state index contributed by atoms with van der Waals surface area (Å²) < 4.78 is 5.58. The summed E-state index contributed by atoms with van der Waals surface area (Å²) in [6, 6.07) is 18.0. The fourth-order valence-electron chi connectivity index (χ4n) is 3.68. The average Bonchev–Trinajstić information content (AvgIpc) is 3.07. The van der Waals surface area contributed by atoms with Crippen molar-refractivity contribution >= 4 is 10.9 Å². The predicted octanol–water partition coefficient (Wildman–Crippen LogP) is 4.15. The molecule has 1 fully saturated rings. The number of aromatic amines is 1. The van der Waals surface area contributed by atoms with Gasteiger partial charge in [0, 0.05) is 30.2 Å². The molecule has 1 unspecified atom stereocenters. The minimum atomic E-state index is 0.274. The van der Waals surface area contributed by atoms with E-state index in [0.29, 0.717) is 0 Å². The summed E-state index contributed by atoms with van der Waals surface area (Å²) in [4.78, 5) is 5.98. The largest absolute Gasteiger partial charge is 0.379 e. The number of rotatable bonds is 4. The van der Waals surface area contributed by atoms with E-state index < -0.39 is 0 Å². The molecule has 0 aliphatic carbocycles. The Balaban J connectivity index is 1.79. The van der Waals surface area contributed by atoms with Crippen LogP contribution >= 0.6 is 0 Å². The van der Waals surface area contributed by atoms with Crippen LogP contribution in [0, 0.1) is 0 Å². The van der Waals surface area contributed by atoms with Gasteiger partial charge in [0.25, 0.3) is 0 Å². The second kappa shape index (κ2) is 6.80. The van der Waals surface area contributed by atoms with Gasteiger partial charge >= 0.3 is 0 Å². The van der Waals surface area contributed by atoms with Crippen molar-refractivity contribution in [3.8, 4) is 0 Å². The van der Waals surface area contributed by atoms with E-state index >= 15 is 0 Å². The summed E-state index contributed by atoms with van der Waals surface area (Å²) in [6.45, 7) is 5.77. The molecule has 1 N–H and O–H groups in total. The molecule has 0 spiro atoms. The van der Waals surface area contributed by atoms with Gasteiger partial charge in [0.15, 0.2) is 0 Å². The lowest BCUT2D eigenvalue weighted by Gasteiger charge is -2.35. The zero-order valence-electron chi connectivity index (χ0n) is 14.2. The van der Waals surface area contributed by atoms with Crippen molar-refractivity contribution in [3.05, 3.63) is 71.4 Å². The molecule has 3 aromatic rings. The number of H-pyrrole nitrogens is 1. The molecular weight excluding hydrogens is 296 g/mol. The van der Waals surface area contributed by atoms with Gasteiger partial charge in [0.2, 0.25) is 0 Å². The number of morpholine rings is 1. The number of fused-ring (bicyclic) bond motifs is 1. The smallest absolute Gasteiger partial charge is 0.0624 e. The first-order chi connectivity index (χ1) is 11.9. The third kappa shape index (κ3) is 2.85. The van der Waals surface area contributed by atoms with E-state index in [2.05, 4.69) is 71.5 Å². The SMILES string of the molecule is CCc1ccc(C(c2c[nH]c3ccccc23)N2CCOCC2)cc1. The Morgan fingerprint density at radius 2 is 1.79 bits per heavy atom. The number of para-hydroxylation sites is 1. The molecule has 4 rings (SSSR count). The number of hydrogen-bond acceptors (Lipinski definition) is 2. The summed E-state index contributed by atoms with van der Waals surface area (Å²) in [5.41, 5.74) is 5.31. The quantitative estimate of drug-likeness (QED) is 0.782. The van der Waals surface area contributed by atoms with Crippen molar-refractivity contribution in [1.82, 2.24) is 9.88 Å². The van der Waals surface area contributed by atoms with E-state index in [4.69, 9.17) is 4.74 Å². The van der Waals surface area contributed by atoms with Crippen molar-refractivity contribution in [2.24, 2.45) is 0 Å². The van der Waals surface area contributed by atoms with Crippen LogP contribution in [0.2, 0.25) is 0 Å². The molecule has 24 heavy (non-hydrogen) atoms. The fraction of sp³-hybridized carbons (Fsp3) is 0.333. The first kappa shape index (κ1) is 15.4. The standard InChI is InChI=1S/C21H24N2O/c1-2-16-7-9-17(10-8-16)21(23-11-13-24-14-12-23)19-15-22-20-6-4-3-5-18(19)20/h3-10,15,21-22H,2,11-14H2,1H3. The van der Waals surface area contributed by atoms with Crippen LogP contribution in [0.3, 0.4) is 0 Å². The van der Waals surface area contributed by atoms with Gasteiger partial charge in [-0.15, -0.1) is 0 Å². The number of hydrogen-bond donors (Lipinski definition) is 1. The zero-order chi connectivity index (χ0) is 16.4. The Kier molecular flexibility index (Phi) is 4.37. The van der Waals surface area contributed by atoms with Gasteiger partial charge < -0.3 is 9.72 Å². The third-order valence-electron chi connectivity index (χ3n) is 5.03. The Hall–Kier alpha value is -2.10. The van der Waals surface area contributed by atoms with Crippen molar-refractivity contribution in [2.45, 2.75) is 19.4 Å². The molecule has 3 heteroatoms. The van der Waals surface area contributed by atoms with E-state index in [9.17, 15) is 0 Å². The maximum Gasteiger partial charge on any atom is 0.0624 e. The van der Waals surface area contributed by atoms with E-state index in [-0.39, 0.29) is 6.04 Å². The molecule has 2 heterocycles. The minimum absolute atomic E-state index is 0.274. The summed E-state index contributed by atoms with van der Waals surface area (Å²) in [6.07, 6.45) is 3.26. The molecule has 0 radical (unpaired) electrons. The number of aryl methyl sites for hydroxylation is 1. The third-order valence-corrected chi connectivity index (χ3v) is 5.03. The zero-order valence-corrected chi connectivity index (χ0v) is 14.2. The summed E-state index contributed by atoms with van der Waals surface area (Å²) in [5.74, 6) is 0. The molecule has 3 nitrogen and oxygen atoms in total. The van der Waals surface area contributed by atoms with E-state index in [1.165, 1.54) is 27.6 Å². The fourth-order valence-corrected chi connectivity index (χ4v) is 3.68. The normalized spacial score (nSPS) is 17.2. The molecular formula is C21H24N2O. The summed E-state index contributed by atoms with van der Waals surface area (Å²) >= 11 is 0. The highest BCUT2D eigenvalue weighted by Crippen LogP contribution is 2.34. The number of nitrogens with zero attached hydrogens (tertiary/aromatic N) is 1. The van der Waals surface area contributed by atoms with Crippen LogP contribution in [-0.4, -0.2) is 36.2 Å². The molecule has 1 atom stereocenters. The van der Waals surface area contributed by atoms with Crippen LogP contribution in [-0.2, 0) is 11.2 Å². The van der Waals surface area contributed by atoms with Crippen LogP contribution in [0.5, 0.6) is 0 Å². The van der Waals surface area contributed by atoms with Gasteiger partial charge in [-0.05, 0) is 29.2 Å². The highest BCUT2D eigenvalue weighted by atomic mass is 16.5. The van der Waals surface area contributed by atoms with Crippen LogP contribution < -0.4 is 0 Å². The van der Waals surface area contributed by atoms with E-state index in [1.54, 1.807) is 0 Å². The number of nitrogens with one attached hydrogen (secondary N) is 1. The predicted molar refractivity (Wildman–Crippen MR) is 98.4 cm³/mol. The van der Waals surface area contributed by atoms with Gasteiger partial charge in [0.1, 0.15) is 0 Å². The molecule has 2 aromatic carbocycles. The topological polar surface area (TPSA) is 28.3 Å². The van der Waals surface area contributed by atoms with Crippen molar-refractivity contribution in [2.75, 3.05) is 26.3 Å². The molecule has 0 amide bonds. The molecule has 0 bridgehead atoms. The van der Waals surface area contributed by atoms with Gasteiger partial charge in [-0.3, -0.25) is 4.90 Å².